The van der Waals surface area contributed by atoms with Crippen molar-refractivity contribution in [3.8, 4) is 5.75 Å². The minimum atomic E-state index is -0.418. The van der Waals surface area contributed by atoms with Gasteiger partial charge >= 0.3 is 5.97 Å². The third-order valence-electron chi connectivity index (χ3n) is 3.48. The molecule has 1 radical (unpaired) electrons. The van der Waals surface area contributed by atoms with Gasteiger partial charge in [-0.3, -0.25) is 0 Å². The Balaban J connectivity index is 1.65. The van der Waals surface area contributed by atoms with Crippen molar-refractivity contribution < 1.29 is 14.3 Å². The number of hydrogen-bond acceptors (Lipinski definition) is 3. The van der Waals surface area contributed by atoms with Crippen LogP contribution in [0, 0.1) is 6.07 Å². The molecule has 119 valence electrons. The first-order chi connectivity index (χ1) is 11.8. The SMILES string of the molecule is O=C(OCc1ccccc1)c1ccc[c]c1OCc1ccccc1. The molecule has 3 aromatic rings. The fourth-order valence-electron chi connectivity index (χ4n) is 2.23. The molecule has 0 bridgehead atoms. The quantitative estimate of drug-likeness (QED) is 0.631. The molecule has 0 amide bonds. The Morgan fingerprint density at radius 2 is 1.42 bits per heavy atom. The van der Waals surface area contributed by atoms with Gasteiger partial charge in [0.15, 0.2) is 0 Å². The summed E-state index contributed by atoms with van der Waals surface area (Å²) in [6.45, 7) is 0.604. The minimum absolute atomic E-state index is 0.229. The molecule has 0 aliphatic heterocycles. The summed E-state index contributed by atoms with van der Waals surface area (Å²) in [6, 6.07) is 27.5. The lowest BCUT2D eigenvalue weighted by molar-refractivity contribution is 0.0467. The van der Waals surface area contributed by atoms with Crippen molar-refractivity contribution in [2.24, 2.45) is 0 Å². The van der Waals surface area contributed by atoms with Crippen LogP contribution < -0.4 is 4.74 Å². The first-order valence-corrected chi connectivity index (χ1v) is 7.71. The third kappa shape index (κ3) is 4.23. The van der Waals surface area contributed by atoms with Crippen molar-refractivity contribution in [1.82, 2.24) is 0 Å². The number of carbonyl (C=O) groups is 1. The maximum Gasteiger partial charge on any atom is 0.342 e. The topological polar surface area (TPSA) is 35.5 Å². The molecule has 0 atom stereocenters. The molecule has 0 aromatic heterocycles. The zero-order valence-corrected chi connectivity index (χ0v) is 13.1. The van der Waals surface area contributed by atoms with Gasteiger partial charge in [0.05, 0.1) is 0 Å². The van der Waals surface area contributed by atoms with E-state index in [1.807, 2.05) is 60.7 Å². The minimum Gasteiger partial charge on any atom is -0.487 e. The predicted molar refractivity (Wildman–Crippen MR) is 91.6 cm³/mol. The number of para-hydroxylation sites is 1. The summed E-state index contributed by atoms with van der Waals surface area (Å²) in [5.74, 6) is -0.0156. The molecule has 3 aromatic carbocycles. The van der Waals surface area contributed by atoms with E-state index in [1.54, 1.807) is 18.2 Å². The Bertz CT molecular complexity index is 782. The van der Waals surface area contributed by atoms with E-state index in [9.17, 15) is 4.79 Å². The lowest BCUT2D eigenvalue weighted by atomic mass is 10.2. The summed E-state index contributed by atoms with van der Waals surface area (Å²) in [5, 5.41) is 0. The summed E-state index contributed by atoms with van der Waals surface area (Å²) in [5.41, 5.74) is 2.35. The van der Waals surface area contributed by atoms with E-state index in [0.29, 0.717) is 17.9 Å². The van der Waals surface area contributed by atoms with Gasteiger partial charge in [-0.25, -0.2) is 4.79 Å². The summed E-state index contributed by atoms with van der Waals surface area (Å²) in [6.07, 6.45) is 0. The molecule has 3 rings (SSSR count). The van der Waals surface area contributed by atoms with E-state index in [1.165, 1.54) is 0 Å². The van der Waals surface area contributed by atoms with Crippen molar-refractivity contribution in [3.63, 3.8) is 0 Å². The highest BCUT2D eigenvalue weighted by Crippen LogP contribution is 2.20. The molecule has 0 aliphatic rings. The fourth-order valence-corrected chi connectivity index (χ4v) is 2.23. The molecule has 0 saturated heterocycles. The molecule has 0 unspecified atom stereocenters. The van der Waals surface area contributed by atoms with Gasteiger partial charge in [0, 0.05) is 6.07 Å². The maximum absolute atomic E-state index is 12.3. The van der Waals surface area contributed by atoms with E-state index in [-0.39, 0.29) is 6.61 Å². The van der Waals surface area contributed by atoms with Crippen LogP contribution in [0.25, 0.3) is 0 Å². The number of carbonyl (C=O) groups excluding carboxylic acids is 1. The predicted octanol–water partition coefficient (Wildman–Crippen LogP) is 4.42. The van der Waals surface area contributed by atoms with E-state index >= 15 is 0 Å². The van der Waals surface area contributed by atoms with Gasteiger partial charge in [-0.1, -0.05) is 72.8 Å². The number of hydrogen-bond donors (Lipinski definition) is 0. The second-order valence-corrected chi connectivity index (χ2v) is 5.25. The average molecular weight is 317 g/mol. The van der Waals surface area contributed by atoms with Gasteiger partial charge in [-0.15, -0.1) is 0 Å². The van der Waals surface area contributed by atoms with Crippen molar-refractivity contribution in [1.29, 1.82) is 0 Å². The van der Waals surface area contributed by atoms with Gasteiger partial charge in [0.2, 0.25) is 0 Å². The Labute approximate surface area is 141 Å². The van der Waals surface area contributed by atoms with Crippen LogP contribution in [-0.2, 0) is 18.0 Å². The van der Waals surface area contributed by atoms with Crippen LogP contribution in [0.3, 0.4) is 0 Å². The molecule has 0 N–H and O–H groups in total. The van der Waals surface area contributed by atoms with Crippen LogP contribution in [0.2, 0.25) is 0 Å². The average Bonchev–Trinajstić information content (AvgIpc) is 2.66. The summed E-state index contributed by atoms with van der Waals surface area (Å²) >= 11 is 0. The van der Waals surface area contributed by atoms with Gasteiger partial charge in [-0.2, -0.15) is 0 Å². The fraction of sp³-hybridized carbons (Fsp3) is 0.0952. The highest BCUT2D eigenvalue weighted by atomic mass is 16.5. The van der Waals surface area contributed by atoms with Crippen LogP contribution in [0.1, 0.15) is 21.5 Å². The zero-order valence-electron chi connectivity index (χ0n) is 13.1. The Kier molecular flexibility index (Phi) is 5.25. The molecule has 0 fully saturated rings. The zero-order chi connectivity index (χ0) is 16.6. The Hall–Kier alpha value is -3.07. The van der Waals surface area contributed by atoms with Crippen LogP contribution >= 0.6 is 0 Å². The number of esters is 1. The lowest BCUT2D eigenvalue weighted by Crippen LogP contribution is -2.08. The summed E-state index contributed by atoms with van der Waals surface area (Å²) in [4.78, 5) is 12.3. The maximum atomic E-state index is 12.3. The van der Waals surface area contributed by atoms with Crippen LogP contribution in [-0.4, -0.2) is 5.97 Å². The van der Waals surface area contributed by atoms with E-state index in [4.69, 9.17) is 9.47 Å². The molecular formula is C21H17O3. The normalized spacial score (nSPS) is 10.2. The second kappa shape index (κ2) is 7.97. The van der Waals surface area contributed by atoms with Crippen LogP contribution in [0.4, 0.5) is 0 Å². The molecule has 3 nitrogen and oxygen atoms in total. The van der Waals surface area contributed by atoms with Crippen LogP contribution in [0.15, 0.2) is 78.9 Å². The number of rotatable bonds is 6. The van der Waals surface area contributed by atoms with Gasteiger partial charge < -0.3 is 9.47 Å². The number of benzene rings is 3. The summed E-state index contributed by atoms with van der Waals surface area (Å²) < 4.78 is 11.1. The standard InChI is InChI=1S/C21H17O3/c22-21(24-16-18-11-5-2-6-12-18)19-13-7-8-14-20(19)23-15-17-9-3-1-4-10-17/h1-13H,15-16H2. The molecule has 0 heterocycles. The van der Waals surface area contributed by atoms with E-state index in [0.717, 1.165) is 11.1 Å². The first-order valence-electron chi connectivity index (χ1n) is 7.71. The molecule has 0 saturated carbocycles. The smallest absolute Gasteiger partial charge is 0.342 e. The second-order valence-electron chi connectivity index (χ2n) is 5.25. The molecule has 0 spiro atoms. The van der Waals surface area contributed by atoms with Crippen molar-refractivity contribution in [2.45, 2.75) is 13.2 Å². The van der Waals surface area contributed by atoms with Gasteiger partial charge in [-0.05, 0) is 17.2 Å². The lowest BCUT2D eigenvalue weighted by Gasteiger charge is -2.11. The Morgan fingerprint density at radius 1 is 0.792 bits per heavy atom. The molecule has 24 heavy (non-hydrogen) atoms. The van der Waals surface area contributed by atoms with Crippen molar-refractivity contribution in [3.05, 3.63) is 102 Å². The third-order valence-corrected chi connectivity index (χ3v) is 3.48. The van der Waals surface area contributed by atoms with Crippen molar-refractivity contribution >= 4 is 5.97 Å². The highest BCUT2D eigenvalue weighted by molar-refractivity contribution is 5.92. The highest BCUT2D eigenvalue weighted by Gasteiger charge is 2.14. The largest absolute Gasteiger partial charge is 0.487 e. The van der Waals surface area contributed by atoms with Crippen molar-refractivity contribution in [2.75, 3.05) is 0 Å². The van der Waals surface area contributed by atoms with Gasteiger partial charge in [0.1, 0.15) is 24.5 Å². The number of ether oxygens (including phenoxy) is 2. The molecular weight excluding hydrogens is 300 g/mol. The van der Waals surface area contributed by atoms with Crippen LogP contribution in [0.5, 0.6) is 5.75 Å². The molecule has 3 heteroatoms. The van der Waals surface area contributed by atoms with Gasteiger partial charge in [0.25, 0.3) is 0 Å². The Morgan fingerprint density at radius 3 is 2.08 bits per heavy atom. The summed E-state index contributed by atoms with van der Waals surface area (Å²) in [7, 11) is 0. The molecule has 0 aliphatic carbocycles. The van der Waals surface area contributed by atoms with E-state index < -0.39 is 5.97 Å². The first kappa shape index (κ1) is 15.8. The van der Waals surface area contributed by atoms with E-state index in [2.05, 4.69) is 6.07 Å². The monoisotopic (exact) mass is 317 g/mol.